The zero-order valence-electron chi connectivity index (χ0n) is 14.0. The summed E-state index contributed by atoms with van der Waals surface area (Å²) in [5.74, 6) is 1.49. The van der Waals surface area contributed by atoms with Crippen LogP contribution in [0.4, 0.5) is 5.69 Å². The molecule has 1 amide bonds. The van der Waals surface area contributed by atoms with Crippen LogP contribution in [-0.4, -0.2) is 38.1 Å². The molecule has 0 bridgehead atoms. The number of anilines is 1. The summed E-state index contributed by atoms with van der Waals surface area (Å²) in [6.45, 7) is 1.96. The van der Waals surface area contributed by atoms with Crippen molar-refractivity contribution in [2.45, 2.75) is 13.0 Å². The molecule has 0 aromatic heterocycles. The Morgan fingerprint density at radius 3 is 2.42 bits per heavy atom. The van der Waals surface area contributed by atoms with Gasteiger partial charge in [0, 0.05) is 18.8 Å². The molecule has 24 heavy (non-hydrogen) atoms. The molecule has 0 aliphatic carbocycles. The molecule has 2 aromatic rings. The lowest BCUT2D eigenvalue weighted by Gasteiger charge is -2.29. The predicted molar refractivity (Wildman–Crippen MR) is 93.6 cm³/mol. The molecular weight excluding hydrogens is 304 g/mol. The number of hydrogen-bond acceptors (Lipinski definition) is 4. The third kappa shape index (κ3) is 3.68. The molecule has 1 aliphatic heterocycles. The molecule has 0 saturated heterocycles. The highest BCUT2D eigenvalue weighted by molar-refractivity contribution is 5.92. The highest BCUT2D eigenvalue weighted by atomic mass is 16.5. The van der Waals surface area contributed by atoms with E-state index in [2.05, 4.69) is 10.2 Å². The SMILES string of the molecule is COc1cc2c(cc1OC)CN(CC(=O)Nc1ccccc1)CC2. The molecule has 0 saturated carbocycles. The third-order valence-corrected chi connectivity index (χ3v) is 4.22. The fourth-order valence-corrected chi connectivity index (χ4v) is 3.00. The Kier molecular flexibility index (Phi) is 5.01. The van der Waals surface area contributed by atoms with Gasteiger partial charge in [0.05, 0.1) is 20.8 Å². The maximum absolute atomic E-state index is 12.2. The molecule has 5 heteroatoms. The van der Waals surface area contributed by atoms with Crippen molar-refractivity contribution in [3.63, 3.8) is 0 Å². The number of hydrogen-bond donors (Lipinski definition) is 1. The molecule has 5 nitrogen and oxygen atoms in total. The second-order valence-electron chi connectivity index (χ2n) is 5.85. The first kappa shape index (κ1) is 16.3. The number of carbonyl (C=O) groups excluding carboxylic acids is 1. The number of fused-ring (bicyclic) bond motifs is 1. The minimum atomic E-state index is 0.00475. The lowest BCUT2D eigenvalue weighted by atomic mass is 9.99. The maximum Gasteiger partial charge on any atom is 0.238 e. The summed E-state index contributed by atoms with van der Waals surface area (Å²) in [5.41, 5.74) is 3.27. The van der Waals surface area contributed by atoms with Gasteiger partial charge >= 0.3 is 0 Å². The standard InChI is InChI=1S/C19H22N2O3/c1-23-17-10-14-8-9-21(12-15(14)11-18(17)24-2)13-19(22)20-16-6-4-3-5-7-16/h3-7,10-11H,8-9,12-13H2,1-2H3,(H,20,22). The van der Waals surface area contributed by atoms with E-state index in [1.807, 2.05) is 42.5 Å². The summed E-state index contributed by atoms with van der Waals surface area (Å²) in [6.07, 6.45) is 0.897. The Morgan fingerprint density at radius 1 is 1.08 bits per heavy atom. The molecule has 0 atom stereocenters. The quantitative estimate of drug-likeness (QED) is 0.918. The van der Waals surface area contributed by atoms with Gasteiger partial charge in [-0.3, -0.25) is 9.69 Å². The molecule has 3 rings (SSSR count). The van der Waals surface area contributed by atoms with Crippen LogP contribution in [0.2, 0.25) is 0 Å². The number of nitrogens with one attached hydrogen (secondary N) is 1. The molecule has 0 unspecified atom stereocenters. The van der Waals surface area contributed by atoms with E-state index in [-0.39, 0.29) is 5.91 Å². The Morgan fingerprint density at radius 2 is 1.75 bits per heavy atom. The van der Waals surface area contributed by atoms with Crippen molar-refractivity contribution < 1.29 is 14.3 Å². The molecule has 1 N–H and O–H groups in total. The van der Waals surface area contributed by atoms with Crippen molar-refractivity contribution in [2.24, 2.45) is 0 Å². The van der Waals surface area contributed by atoms with Crippen molar-refractivity contribution in [1.29, 1.82) is 0 Å². The van der Waals surface area contributed by atoms with Crippen LogP contribution < -0.4 is 14.8 Å². The van der Waals surface area contributed by atoms with Crippen LogP contribution in [0.1, 0.15) is 11.1 Å². The summed E-state index contributed by atoms with van der Waals surface area (Å²) < 4.78 is 10.7. The van der Waals surface area contributed by atoms with Gasteiger partial charge in [0.1, 0.15) is 0 Å². The van der Waals surface area contributed by atoms with Crippen molar-refractivity contribution in [1.82, 2.24) is 4.90 Å². The van der Waals surface area contributed by atoms with Crippen LogP contribution in [0.15, 0.2) is 42.5 Å². The maximum atomic E-state index is 12.2. The van der Waals surface area contributed by atoms with Gasteiger partial charge in [-0.2, -0.15) is 0 Å². The first-order valence-corrected chi connectivity index (χ1v) is 8.00. The minimum Gasteiger partial charge on any atom is -0.493 e. The Balaban J connectivity index is 1.65. The monoisotopic (exact) mass is 326 g/mol. The molecular formula is C19H22N2O3. The number of carbonyl (C=O) groups is 1. The number of nitrogens with zero attached hydrogens (tertiary/aromatic N) is 1. The number of amides is 1. The topological polar surface area (TPSA) is 50.8 Å². The number of methoxy groups -OCH3 is 2. The lowest BCUT2D eigenvalue weighted by Crippen LogP contribution is -2.37. The van der Waals surface area contributed by atoms with Crippen molar-refractivity contribution in [2.75, 3.05) is 32.6 Å². The van der Waals surface area contributed by atoms with Crippen molar-refractivity contribution in [3.05, 3.63) is 53.6 Å². The number of ether oxygens (including phenoxy) is 2. The zero-order valence-corrected chi connectivity index (χ0v) is 14.0. The van der Waals surface area contributed by atoms with Crippen LogP contribution in [0.3, 0.4) is 0 Å². The number of benzene rings is 2. The van der Waals surface area contributed by atoms with Gasteiger partial charge in [0.25, 0.3) is 0 Å². The van der Waals surface area contributed by atoms with Gasteiger partial charge in [-0.05, 0) is 41.8 Å². The number of para-hydroxylation sites is 1. The van der Waals surface area contributed by atoms with E-state index < -0.39 is 0 Å². The lowest BCUT2D eigenvalue weighted by molar-refractivity contribution is -0.117. The molecule has 0 fully saturated rings. The highest BCUT2D eigenvalue weighted by Gasteiger charge is 2.21. The van der Waals surface area contributed by atoms with Crippen LogP contribution >= 0.6 is 0 Å². The Hall–Kier alpha value is -2.53. The van der Waals surface area contributed by atoms with Crippen LogP contribution in [0.25, 0.3) is 0 Å². The second kappa shape index (κ2) is 7.36. The predicted octanol–water partition coefficient (Wildman–Crippen LogP) is 2.70. The average Bonchev–Trinajstić information content (AvgIpc) is 2.61. The van der Waals surface area contributed by atoms with E-state index in [0.29, 0.717) is 6.54 Å². The van der Waals surface area contributed by atoms with Crippen LogP contribution in [0.5, 0.6) is 11.5 Å². The minimum absolute atomic E-state index is 0.00475. The first-order valence-electron chi connectivity index (χ1n) is 8.00. The smallest absolute Gasteiger partial charge is 0.238 e. The Labute approximate surface area is 142 Å². The van der Waals surface area contributed by atoms with Gasteiger partial charge in [-0.15, -0.1) is 0 Å². The van der Waals surface area contributed by atoms with E-state index in [4.69, 9.17) is 9.47 Å². The van der Waals surface area contributed by atoms with Gasteiger partial charge < -0.3 is 14.8 Å². The van der Waals surface area contributed by atoms with E-state index >= 15 is 0 Å². The van der Waals surface area contributed by atoms with Crippen LogP contribution in [0, 0.1) is 0 Å². The highest BCUT2D eigenvalue weighted by Crippen LogP contribution is 2.33. The molecule has 0 radical (unpaired) electrons. The van der Waals surface area contributed by atoms with Crippen molar-refractivity contribution >= 4 is 11.6 Å². The molecule has 2 aromatic carbocycles. The van der Waals surface area contributed by atoms with Gasteiger partial charge in [0.15, 0.2) is 11.5 Å². The zero-order chi connectivity index (χ0) is 16.9. The number of rotatable bonds is 5. The molecule has 1 heterocycles. The normalized spacial score (nSPS) is 13.9. The summed E-state index contributed by atoms with van der Waals surface area (Å²) in [6, 6.07) is 13.6. The molecule has 126 valence electrons. The summed E-state index contributed by atoms with van der Waals surface area (Å²) in [7, 11) is 3.28. The van der Waals surface area contributed by atoms with Gasteiger partial charge in [-0.1, -0.05) is 18.2 Å². The van der Waals surface area contributed by atoms with Crippen LogP contribution in [-0.2, 0) is 17.8 Å². The van der Waals surface area contributed by atoms with Gasteiger partial charge in [0.2, 0.25) is 5.91 Å². The fraction of sp³-hybridized carbons (Fsp3) is 0.316. The summed E-state index contributed by atoms with van der Waals surface area (Å²) in [5, 5.41) is 2.93. The molecule has 1 aliphatic rings. The second-order valence-corrected chi connectivity index (χ2v) is 5.85. The Bertz CT molecular complexity index is 716. The van der Waals surface area contributed by atoms with E-state index in [9.17, 15) is 4.79 Å². The largest absolute Gasteiger partial charge is 0.493 e. The average molecular weight is 326 g/mol. The van der Waals surface area contributed by atoms with E-state index in [1.165, 1.54) is 11.1 Å². The molecule has 0 spiro atoms. The van der Waals surface area contributed by atoms with E-state index in [1.54, 1.807) is 14.2 Å². The summed E-state index contributed by atoms with van der Waals surface area (Å²) >= 11 is 0. The fourth-order valence-electron chi connectivity index (χ4n) is 3.00. The summed E-state index contributed by atoms with van der Waals surface area (Å²) in [4.78, 5) is 14.4. The van der Waals surface area contributed by atoms with E-state index in [0.717, 1.165) is 36.7 Å². The first-order chi connectivity index (χ1) is 11.7. The third-order valence-electron chi connectivity index (χ3n) is 4.22. The van der Waals surface area contributed by atoms with Gasteiger partial charge in [-0.25, -0.2) is 0 Å². The van der Waals surface area contributed by atoms with Crippen molar-refractivity contribution in [3.8, 4) is 11.5 Å².